The molecule has 0 saturated heterocycles. The molecule has 2 aromatic heterocycles. The van der Waals surface area contributed by atoms with Gasteiger partial charge in [-0.05, 0) is 24.3 Å². The van der Waals surface area contributed by atoms with Gasteiger partial charge in [0.1, 0.15) is 11.3 Å². The van der Waals surface area contributed by atoms with E-state index >= 15 is 0 Å². The summed E-state index contributed by atoms with van der Waals surface area (Å²) in [6.07, 6.45) is 1.94. The zero-order chi connectivity index (χ0) is 15.7. The van der Waals surface area contributed by atoms with Gasteiger partial charge in [-0.1, -0.05) is 50.6 Å². The average Bonchev–Trinajstić information content (AvgIpc) is 2.85. The lowest BCUT2D eigenvalue weighted by Crippen LogP contribution is -2.11. The SMILES string of the molecule is CC(C)(C)c1nc2ccccn2c1N=Nc1ccccc1Cl. The molecule has 3 rings (SSSR count). The molecule has 5 heteroatoms. The maximum Gasteiger partial charge on any atom is 0.183 e. The van der Waals surface area contributed by atoms with Crippen molar-refractivity contribution < 1.29 is 0 Å². The van der Waals surface area contributed by atoms with Crippen LogP contribution >= 0.6 is 11.6 Å². The van der Waals surface area contributed by atoms with Crippen molar-refractivity contribution in [3.05, 3.63) is 59.4 Å². The standard InChI is InChI=1S/C17H17ClN4/c1-17(2,3)15-16(22-11-7-6-10-14(22)19-15)21-20-13-9-5-4-8-12(13)18/h4-11H,1-3H3. The van der Waals surface area contributed by atoms with Gasteiger partial charge in [0.2, 0.25) is 0 Å². The summed E-state index contributed by atoms with van der Waals surface area (Å²) in [5.74, 6) is 0.739. The Morgan fingerprint density at radius 2 is 1.73 bits per heavy atom. The molecule has 112 valence electrons. The normalized spacial score (nSPS) is 12.4. The van der Waals surface area contributed by atoms with Crippen LogP contribution in [-0.4, -0.2) is 9.38 Å². The monoisotopic (exact) mass is 312 g/mol. The van der Waals surface area contributed by atoms with Crippen molar-refractivity contribution >= 4 is 28.8 Å². The second-order valence-corrected chi connectivity index (χ2v) is 6.52. The molecule has 1 aromatic carbocycles. The van der Waals surface area contributed by atoms with Crippen molar-refractivity contribution in [3.8, 4) is 0 Å². The zero-order valence-electron chi connectivity index (χ0n) is 12.8. The third-order valence-electron chi connectivity index (χ3n) is 3.32. The maximum atomic E-state index is 6.14. The lowest BCUT2D eigenvalue weighted by atomic mass is 9.92. The minimum atomic E-state index is -0.124. The Morgan fingerprint density at radius 3 is 2.45 bits per heavy atom. The Bertz CT molecular complexity index is 843. The van der Waals surface area contributed by atoms with Gasteiger partial charge in [0.15, 0.2) is 5.82 Å². The van der Waals surface area contributed by atoms with E-state index in [9.17, 15) is 0 Å². The Labute approximate surface area is 134 Å². The van der Waals surface area contributed by atoms with Crippen LogP contribution in [0, 0.1) is 0 Å². The Balaban J connectivity index is 2.15. The number of nitrogens with zero attached hydrogens (tertiary/aromatic N) is 4. The van der Waals surface area contributed by atoms with E-state index in [4.69, 9.17) is 16.6 Å². The van der Waals surface area contributed by atoms with Gasteiger partial charge in [0.25, 0.3) is 0 Å². The summed E-state index contributed by atoms with van der Waals surface area (Å²) in [6.45, 7) is 6.34. The highest BCUT2D eigenvalue weighted by Gasteiger charge is 2.24. The number of rotatable bonds is 2. The Kier molecular flexibility index (Phi) is 3.71. The van der Waals surface area contributed by atoms with Crippen LogP contribution in [0.5, 0.6) is 0 Å². The fraction of sp³-hybridized carbons (Fsp3) is 0.235. The van der Waals surface area contributed by atoms with Crippen LogP contribution in [0.15, 0.2) is 58.9 Å². The highest BCUT2D eigenvalue weighted by atomic mass is 35.5. The van der Waals surface area contributed by atoms with Gasteiger partial charge in [-0.2, -0.15) is 0 Å². The number of aromatic nitrogens is 2. The number of halogens is 1. The Hall–Kier alpha value is -2.20. The molecule has 0 aliphatic heterocycles. The largest absolute Gasteiger partial charge is 0.283 e. The van der Waals surface area contributed by atoms with E-state index in [0.717, 1.165) is 17.2 Å². The summed E-state index contributed by atoms with van der Waals surface area (Å²) >= 11 is 6.14. The maximum absolute atomic E-state index is 6.14. The fourth-order valence-corrected chi connectivity index (χ4v) is 2.39. The second kappa shape index (κ2) is 5.54. The first kappa shape index (κ1) is 14.7. The van der Waals surface area contributed by atoms with Crippen LogP contribution in [0.1, 0.15) is 26.5 Å². The fourth-order valence-electron chi connectivity index (χ4n) is 2.22. The first-order valence-corrected chi connectivity index (χ1v) is 7.48. The minimum absolute atomic E-state index is 0.124. The van der Waals surface area contributed by atoms with E-state index in [1.165, 1.54) is 0 Å². The predicted molar refractivity (Wildman–Crippen MR) is 89.5 cm³/mol. The molecule has 0 unspecified atom stereocenters. The van der Waals surface area contributed by atoms with Crippen molar-refractivity contribution in [1.82, 2.24) is 9.38 Å². The van der Waals surface area contributed by atoms with E-state index in [1.54, 1.807) is 6.07 Å². The van der Waals surface area contributed by atoms with Gasteiger partial charge in [0, 0.05) is 11.6 Å². The lowest BCUT2D eigenvalue weighted by molar-refractivity contribution is 0.574. The number of hydrogen-bond donors (Lipinski definition) is 0. The molecule has 0 radical (unpaired) electrons. The molecule has 3 aromatic rings. The van der Waals surface area contributed by atoms with Crippen LogP contribution in [-0.2, 0) is 5.41 Å². The third-order valence-corrected chi connectivity index (χ3v) is 3.64. The molecule has 0 spiro atoms. The summed E-state index contributed by atoms with van der Waals surface area (Å²) in [6, 6.07) is 13.3. The van der Waals surface area contributed by atoms with Crippen LogP contribution < -0.4 is 0 Å². The number of imidazole rings is 1. The number of pyridine rings is 1. The summed E-state index contributed by atoms with van der Waals surface area (Å²) in [5.41, 5.74) is 2.30. The third kappa shape index (κ3) is 2.74. The number of hydrogen-bond acceptors (Lipinski definition) is 3. The van der Waals surface area contributed by atoms with Gasteiger partial charge < -0.3 is 0 Å². The van der Waals surface area contributed by atoms with Gasteiger partial charge in [-0.25, -0.2) is 4.98 Å². The van der Waals surface area contributed by atoms with Gasteiger partial charge in [-0.15, -0.1) is 10.2 Å². The van der Waals surface area contributed by atoms with Crippen molar-refractivity contribution in [3.63, 3.8) is 0 Å². The summed E-state index contributed by atoms with van der Waals surface area (Å²) < 4.78 is 1.95. The molecule has 0 aliphatic carbocycles. The molecule has 0 amide bonds. The quantitative estimate of drug-likeness (QED) is 0.559. The molecular weight excluding hydrogens is 296 g/mol. The average molecular weight is 313 g/mol. The van der Waals surface area contributed by atoms with Gasteiger partial charge in [-0.3, -0.25) is 4.40 Å². The zero-order valence-corrected chi connectivity index (χ0v) is 13.5. The summed E-state index contributed by atoms with van der Waals surface area (Å²) in [5, 5.41) is 9.32. The van der Waals surface area contributed by atoms with E-state index in [1.807, 2.05) is 47.0 Å². The number of benzene rings is 1. The molecule has 0 N–H and O–H groups in total. The Morgan fingerprint density at radius 1 is 1.00 bits per heavy atom. The number of azo groups is 1. The van der Waals surface area contributed by atoms with E-state index in [2.05, 4.69) is 31.0 Å². The first-order chi connectivity index (χ1) is 10.5. The van der Waals surface area contributed by atoms with Crippen LogP contribution in [0.3, 0.4) is 0 Å². The molecule has 22 heavy (non-hydrogen) atoms. The van der Waals surface area contributed by atoms with E-state index < -0.39 is 0 Å². The van der Waals surface area contributed by atoms with Crippen LogP contribution in [0.4, 0.5) is 11.5 Å². The van der Waals surface area contributed by atoms with Crippen molar-refractivity contribution in [2.45, 2.75) is 26.2 Å². The van der Waals surface area contributed by atoms with Crippen molar-refractivity contribution in [1.29, 1.82) is 0 Å². The highest BCUT2D eigenvalue weighted by Crippen LogP contribution is 2.33. The summed E-state index contributed by atoms with van der Waals surface area (Å²) in [4.78, 5) is 4.69. The van der Waals surface area contributed by atoms with Gasteiger partial charge in [0.05, 0.1) is 10.7 Å². The second-order valence-electron chi connectivity index (χ2n) is 6.11. The molecule has 4 nitrogen and oxygen atoms in total. The molecule has 0 bridgehead atoms. The molecule has 0 fully saturated rings. The van der Waals surface area contributed by atoms with Crippen LogP contribution in [0.2, 0.25) is 5.02 Å². The van der Waals surface area contributed by atoms with E-state index in [-0.39, 0.29) is 5.41 Å². The smallest absolute Gasteiger partial charge is 0.183 e. The highest BCUT2D eigenvalue weighted by molar-refractivity contribution is 6.32. The van der Waals surface area contributed by atoms with E-state index in [0.29, 0.717) is 10.7 Å². The summed E-state index contributed by atoms with van der Waals surface area (Å²) in [7, 11) is 0. The first-order valence-electron chi connectivity index (χ1n) is 7.10. The molecule has 0 atom stereocenters. The van der Waals surface area contributed by atoms with Crippen molar-refractivity contribution in [2.75, 3.05) is 0 Å². The topological polar surface area (TPSA) is 42.0 Å². The molecule has 0 aliphatic rings. The minimum Gasteiger partial charge on any atom is -0.283 e. The van der Waals surface area contributed by atoms with Crippen molar-refractivity contribution in [2.24, 2.45) is 10.2 Å². The molecular formula is C17H17ClN4. The van der Waals surface area contributed by atoms with Gasteiger partial charge >= 0.3 is 0 Å². The lowest BCUT2D eigenvalue weighted by Gasteiger charge is -2.15. The molecule has 0 saturated carbocycles. The molecule has 2 heterocycles. The predicted octanol–water partition coefficient (Wildman–Crippen LogP) is 5.70. The number of fused-ring (bicyclic) bond motifs is 1. The van der Waals surface area contributed by atoms with Crippen LogP contribution in [0.25, 0.3) is 5.65 Å².